The fraction of sp³-hybridized carbons (Fsp3) is 0.250. The summed E-state index contributed by atoms with van der Waals surface area (Å²) in [5.41, 5.74) is 2.77. The number of hydrogen-bond acceptors (Lipinski definition) is 2. The van der Waals surface area contributed by atoms with Crippen molar-refractivity contribution in [2.75, 3.05) is 18.5 Å². The molecule has 0 aromatic heterocycles. The second kappa shape index (κ2) is 4.99. The Labute approximate surface area is 99.0 Å². The SMILES string of the molecule is C=C(C)CN(C)c1cc(Br)cc(C#N)c1. The fourth-order valence-corrected chi connectivity index (χ4v) is 1.84. The smallest absolute Gasteiger partial charge is 0.0992 e. The number of anilines is 1. The summed E-state index contributed by atoms with van der Waals surface area (Å²) in [5.74, 6) is 0. The molecule has 2 nitrogen and oxygen atoms in total. The lowest BCUT2D eigenvalue weighted by molar-refractivity contribution is 0.984. The van der Waals surface area contributed by atoms with E-state index in [0.29, 0.717) is 5.56 Å². The Morgan fingerprint density at radius 1 is 1.53 bits per heavy atom. The van der Waals surface area contributed by atoms with Gasteiger partial charge in [-0.3, -0.25) is 0 Å². The number of halogens is 1. The van der Waals surface area contributed by atoms with Crippen LogP contribution in [-0.4, -0.2) is 13.6 Å². The first-order valence-electron chi connectivity index (χ1n) is 4.59. The molecule has 0 aliphatic heterocycles. The van der Waals surface area contributed by atoms with E-state index in [0.717, 1.165) is 22.3 Å². The molecule has 0 heterocycles. The minimum atomic E-state index is 0.660. The highest BCUT2D eigenvalue weighted by Crippen LogP contribution is 2.22. The minimum absolute atomic E-state index is 0.660. The predicted molar refractivity (Wildman–Crippen MR) is 66.9 cm³/mol. The summed E-state index contributed by atoms with van der Waals surface area (Å²) in [6.07, 6.45) is 0. The molecule has 0 saturated carbocycles. The third-order valence-corrected chi connectivity index (χ3v) is 2.42. The van der Waals surface area contributed by atoms with Crippen LogP contribution in [-0.2, 0) is 0 Å². The van der Waals surface area contributed by atoms with Crippen LogP contribution in [0.4, 0.5) is 5.69 Å². The van der Waals surface area contributed by atoms with E-state index in [-0.39, 0.29) is 0 Å². The molecule has 0 radical (unpaired) electrons. The molecule has 0 bridgehead atoms. The summed E-state index contributed by atoms with van der Waals surface area (Å²) in [5, 5.41) is 8.84. The van der Waals surface area contributed by atoms with Gasteiger partial charge >= 0.3 is 0 Å². The van der Waals surface area contributed by atoms with Gasteiger partial charge in [0.1, 0.15) is 0 Å². The van der Waals surface area contributed by atoms with Gasteiger partial charge in [0.05, 0.1) is 11.6 Å². The number of rotatable bonds is 3. The maximum atomic E-state index is 8.84. The molecule has 0 amide bonds. The normalized spacial score (nSPS) is 9.47. The van der Waals surface area contributed by atoms with Crippen molar-refractivity contribution in [1.82, 2.24) is 0 Å². The van der Waals surface area contributed by atoms with Crippen molar-refractivity contribution < 1.29 is 0 Å². The average Bonchev–Trinajstić information content (AvgIpc) is 2.15. The van der Waals surface area contributed by atoms with Gasteiger partial charge < -0.3 is 4.90 Å². The summed E-state index contributed by atoms with van der Waals surface area (Å²) in [7, 11) is 1.98. The molecular weight excluding hydrogens is 252 g/mol. The topological polar surface area (TPSA) is 27.0 Å². The molecule has 1 rings (SSSR count). The number of hydrogen-bond donors (Lipinski definition) is 0. The number of benzene rings is 1. The van der Waals surface area contributed by atoms with E-state index in [2.05, 4.69) is 33.5 Å². The maximum Gasteiger partial charge on any atom is 0.0992 e. The summed E-state index contributed by atoms with van der Waals surface area (Å²) in [6, 6.07) is 7.80. The van der Waals surface area contributed by atoms with E-state index < -0.39 is 0 Å². The maximum absolute atomic E-state index is 8.84. The summed E-state index contributed by atoms with van der Waals surface area (Å²) >= 11 is 3.39. The Balaban J connectivity index is 2.99. The first-order valence-corrected chi connectivity index (χ1v) is 5.38. The number of nitriles is 1. The molecule has 0 fully saturated rings. The van der Waals surface area contributed by atoms with Crippen LogP contribution in [0.5, 0.6) is 0 Å². The van der Waals surface area contributed by atoms with Crippen LogP contribution in [0.2, 0.25) is 0 Å². The van der Waals surface area contributed by atoms with Crippen molar-refractivity contribution in [2.24, 2.45) is 0 Å². The largest absolute Gasteiger partial charge is 0.371 e. The van der Waals surface area contributed by atoms with Gasteiger partial charge in [-0.25, -0.2) is 0 Å². The Morgan fingerprint density at radius 3 is 2.73 bits per heavy atom. The van der Waals surface area contributed by atoms with Crippen LogP contribution in [0, 0.1) is 11.3 Å². The molecule has 1 aromatic rings. The zero-order chi connectivity index (χ0) is 11.4. The summed E-state index contributed by atoms with van der Waals surface area (Å²) in [6.45, 7) is 6.65. The van der Waals surface area contributed by atoms with E-state index in [1.807, 2.05) is 26.1 Å². The van der Waals surface area contributed by atoms with E-state index in [4.69, 9.17) is 5.26 Å². The van der Waals surface area contributed by atoms with Gasteiger partial charge in [0.2, 0.25) is 0 Å². The standard InChI is InChI=1S/C12H13BrN2/c1-9(2)8-15(3)12-5-10(7-14)4-11(13)6-12/h4-6H,1,8H2,2-3H3. The molecule has 0 saturated heterocycles. The quantitative estimate of drug-likeness (QED) is 0.784. The molecular formula is C12H13BrN2. The van der Waals surface area contributed by atoms with Crippen LogP contribution in [0.25, 0.3) is 0 Å². The highest BCUT2D eigenvalue weighted by molar-refractivity contribution is 9.10. The van der Waals surface area contributed by atoms with Crippen molar-refractivity contribution >= 4 is 21.6 Å². The lowest BCUT2D eigenvalue weighted by atomic mass is 10.2. The molecule has 0 aliphatic rings. The molecule has 3 heteroatoms. The van der Waals surface area contributed by atoms with E-state index in [1.165, 1.54) is 0 Å². The first kappa shape index (κ1) is 11.8. The van der Waals surface area contributed by atoms with Crippen molar-refractivity contribution in [3.05, 3.63) is 40.4 Å². The molecule has 0 N–H and O–H groups in total. The lowest BCUT2D eigenvalue weighted by Gasteiger charge is -2.19. The predicted octanol–water partition coefficient (Wildman–Crippen LogP) is 3.33. The van der Waals surface area contributed by atoms with Crippen molar-refractivity contribution in [3.8, 4) is 6.07 Å². The van der Waals surface area contributed by atoms with Gasteiger partial charge in [-0.05, 0) is 25.1 Å². The Hall–Kier alpha value is -1.27. The zero-order valence-corrected chi connectivity index (χ0v) is 10.5. The van der Waals surface area contributed by atoms with E-state index >= 15 is 0 Å². The van der Waals surface area contributed by atoms with Crippen molar-refractivity contribution in [3.63, 3.8) is 0 Å². The molecule has 78 valence electrons. The van der Waals surface area contributed by atoms with Crippen LogP contribution in [0.15, 0.2) is 34.8 Å². The van der Waals surface area contributed by atoms with Gasteiger partial charge in [-0.1, -0.05) is 28.1 Å². The highest BCUT2D eigenvalue weighted by Gasteiger charge is 2.04. The Morgan fingerprint density at radius 2 is 2.20 bits per heavy atom. The van der Waals surface area contributed by atoms with Gasteiger partial charge in [0, 0.05) is 23.8 Å². The van der Waals surface area contributed by atoms with Crippen molar-refractivity contribution in [2.45, 2.75) is 6.92 Å². The van der Waals surface area contributed by atoms with Crippen LogP contribution in [0.3, 0.4) is 0 Å². The second-order valence-electron chi connectivity index (χ2n) is 3.62. The molecule has 0 unspecified atom stereocenters. The van der Waals surface area contributed by atoms with E-state index in [9.17, 15) is 0 Å². The Bertz CT molecular complexity index is 418. The minimum Gasteiger partial charge on any atom is -0.371 e. The van der Waals surface area contributed by atoms with Crippen LogP contribution >= 0.6 is 15.9 Å². The number of nitrogens with zero attached hydrogens (tertiary/aromatic N) is 2. The zero-order valence-electron chi connectivity index (χ0n) is 8.92. The average molecular weight is 265 g/mol. The van der Waals surface area contributed by atoms with Gasteiger partial charge in [-0.2, -0.15) is 5.26 Å². The lowest BCUT2D eigenvalue weighted by Crippen LogP contribution is -2.18. The second-order valence-corrected chi connectivity index (χ2v) is 4.54. The first-order chi connectivity index (χ1) is 7.02. The molecule has 1 aromatic carbocycles. The molecule has 0 spiro atoms. The molecule has 0 aliphatic carbocycles. The van der Waals surface area contributed by atoms with Crippen LogP contribution in [0.1, 0.15) is 12.5 Å². The summed E-state index contributed by atoms with van der Waals surface area (Å²) in [4.78, 5) is 2.06. The van der Waals surface area contributed by atoms with Crippen molar-refractivity contribution in [1.29, 1.82) is 5.26 Å². The van der Waals surface area contributed by atoms with Gasteiger partial charge in [0.15, 0.2) is 0 Å². The molecule has 0 atom stereocenters. The molecule has 15 heavy (non-hydrogen) atoms. The monoisotopic (exact) mass is 264 g/mol. The van der Waals surface area contributed by atoms with Gasteiger partial charge in [0.25, 0.3) is 0 Å². The Kier molecular flexibility index (Phi) is 3.93. The number of likely N-dealkylation sites (N-methyl/N-ethyl adjacent to an activating group) is 1. The van der Waals surface area contributed by atoms with Gasteiger partial charge in [-0.15, -0.1) is 0 Å². The van der Waals surface area contributed by atoms with E-state index in [1.54, 1.807) is 6.07 Å². The van der Waals surface area contributed by atoms with Crippen LogP contribution < -0.4 is 4.90 Å². The summed E-state index contributed by atoms with van der Waals surface area (Å²) < 4.78 is 0.921. The highest BCUT2D eigenvalue weighted by atomic mass is 79.9. The fourth-order valence-electron chi connectivity index (χ4n) is 1.36. The third-order valence-electron chi connectivity index (χ3n) is 1.96. The third kappa shape index (κ3) is 3.41.